The highest BCUT2D eigenvalue weighted by atomic mass is 35.5. The minimum absolute atomic E-state index is 0.0629. The van der Waals surface area contributed by atoms with Crippen LogP contribution in [0.5, 0.6) is 5.75 Å². The van der Waals surface area contributed by atoms with Crippen LogP contribution in [0.4, 0.5) is 5.69 Å². The second-order valence-electron chi connectivity index (χ2n) is 9.91. The van der Waals surface area contributed by atoms with E-state index in [0.717, 1.165) is 71.1 Å². The number of hydrogen-bond donors (Lipinski definition) is 1. The Balaban J connectivity index is 1.57. The van der Waals surface area contributed by atoms with Gasteiger partial charge in [-0.05, 0) is 55.0 Å². The fourth-order valence-corrected chi connectivity index (χ4v) is 4.70. The monoisotopic (exact) mass is 493 g/mol. The average Bonchev–Trinajstić information content (AvgIpc) is 2.81. The van der Waals surface area contributed by atoms with Crippen LogP contribution in [0.3, 0.4) is 0 Å². The zero-order chi connectivity index (χ0) is 25.0. The molecule has 0 saturated carbocycles. The standard InChI is InChI=1S/C28H32ClN3O3/c1-19-23(16-26(33)34)27(32-12-10-28(2,3)11-13-32)24(18-30-19)25-8-7-22(17-31-25)35-14-9-20-5-4-6-21(29)15-20/h4-8,15,17-18H,9-14,16H2,1-3H3,(H,33,34). The van der Waals surface area contributed by atoms with Gasteiger partial charge in [0.2, 0.25) is 0 Å². The number of piperidine rings is 1. The first-order valence-corrected chi connectivity index (χ1v) is 12.4. The van der Waals surface area contributed by atoms with Gasteiger partial charge in [0, 0.05) is 47.6 Å². The molecule has 1 aliphatic rings. The Morgan fingerprint density at radius 1 is 1.14 bits per heavy atom. The van der Waals surface area contributed by atoms with Crippen molar-refractivity contribution >= 4 is 23.3 Å². The van der Waals surface area contributed by atoms with Gasteiger partial charge in [-0.1, -0.05) is 37.6 Å². The molecule has 0 radical (unpaired) electrons. The number of nitrogens with zero attached hydrogens (tertiary/aromatic N) is 3. The van der Waals surface area contributed by atoms with Gasteiger partial charge in [-0.3, -0.25) is 14.8 Å². The topological polar surface area (TPSA) is 75.6 Å². The second-order valence-corrected chi connectivity index (χ2v) is 10.4. The minimum Gasteiger partial charge on any atom is -0.492 e. The molecule has 6 nitrogen and oxygen atoms in total. The summed E-state index contributed by atoms with van der Waals surface area (Å²) in [7, 11) is 0. The summed E-state index contributed by atoms with van der Waals surface area (Å²) in [5, 5.41) is 10.3. The average molecular weight is 494 g/mol. The molecular formula is C28H32ClN3O3. The van der Waals surface area contributed by atoms with Gasteiger partial charge in [0.05, 0.1) is 30.6 Å². The van der Waals surface area contributed by atoms with E-state index in [-0.39, 0.29) is 11.8 Å². The van der Waals surface area contributed by atoms with Gasteiger partial charge in [0.15, 0.2) is 0 Å². The summed E-state index contributed by atoms with van der Waals surface area (Å²) >= 11 is 6.06. The highest BCUT2D eigenvalue weighted by Crippen LogP contribution is 2.39. The van der Waals surface area contributed by atoms with Crippen LogP contribution in [0.2, 0.25) is 5.02 Å². The molecule has 1 aliphatic heterocycles. The first kappa shape index (κ1) is 25.0. The summed E-state index contributed by atoms with van der Waals surface area (Å²) in [5.41, 5.74) is 5.47. The molecular weight excluding hydrogens is 462 g/mol. The van der Waals surface area contributed by atoms with E-state index in [9.17, 15) is 9.90 Å². The molecule has 0 unspecified atom stereocenters. The van der Waals surface area contributed by atoms with Crippen molar-refractivity contribution in [1.29, 1.82) is 0 Å². The van der Waals surface area contributed by atoms with Crippen molar-refractivity contribution in [3.63, 3.8) is 0 Å². The van der Waals surface area contributed by atoms with Crippen molar-refractivity contribution in [2.75, 3.05) is 24.6 Å². The van der Waals surface area contributed by atoms with Crippen molar-refractivity contribution in [3.05, 3.63) is 70.6 Å². The van der Waals surface area contributed by atoms with Crippen molar-refractivity contribution in [2.24, 2.45) is 5.41 Å². The van der Waals surface area contributed by atoms with Crippen molar-refractivity contribution in [3.8, 4) is 17.0 Å². The third-order valence-corrected chi connectivity index (χ3v) is 6.92. The van der Waals surface area contributed by atoms with E-state index in [1.54, 1.807) is 6.20 Å². The normalized spacial score (nSPS) is 15.1. The van der Waals surface area contributed by atoms with Crippen LogP contribution < -0.4 is 9.64 Å². The molecule has 4 rings (SSSR count). The number of aliphatic carboxylic acids is 1. The number of halogens is 1. The van der Waals surface area contributed by atoms with E-state index in [1.165, 1.54) is 0 Å². The van der Waals surface area contributed by atoms with Crippen molar-refractivity contribution < 1.29 is 14.6 Å². The van der Waals surface area contributed by atoms with Gasteiger partial charge in [0.25, 0.3) is 0 Å². The molecule has 1 N–H and O–H groups in total. The number of carboxylic acid groups (broad SMARTS) is 1. The molecule has 2 aromatic heterocycles. The Morgan fingerprint density at radius 3 is 2.57 bits per heavy atom. The molecule has 1 aromatic carbocycles. The number of aryl methyl sites for hydroxylation is 1. The lowest BCUT2D eigenvalue weighted by Crippen LogP contribution is -2.38. The summed E-state index contributed by atoms with van der Waals surface area (Å²) in [6, 6.07) is 11.6. The number of anilines is 1. The van der Waals surface area contributed by atoms with Crippen molar-refractivity contribution in [2.45, 2.75) is 46.5 Å². The number of aromatic nitrogens is 2. The number of ether oxygens (including phenoxy) is 1. The Hall–Kier alpha value is -3.12. The molecule has 35 heavy (non-hydrogen) atoms. The first-order chi connectivity index (χ1) is 16.7. The summed E-state index contributed by atoms with van der Waals surface area (Å²) in [6.07, 6.45) is 6.32. The van der Waals surface area contributed by atoms with Crippen LogP contribution in [0.15, 0.2) is 48.8 Å². The van der Waals surface area contributed by atoms with Crippen LogP contribution in [0.25, 0.3) is 11.3 Å². The number of pyridine rings is 2. The Bertz CT molecular complexity index is 1180. The number of benzene rings is 1. The summed E-state index contributed by atoms with van der Waals surface area (Å²) in [6.45, 7) is 8.72. The van der Waals surface area contributed by atoms with E-state index < -0.39 is 5.97 Å². The third-order valence-electron chi connectivity index (χ3n) is 6.69. The smallest absolute Gasteiger partial charge is 0.307 e. The van der Waals surface area contributed by atoms with Gasteiger partial charge in [0.1, 0.15) is 5.75 Å². The third kappa shape index (κ3) is 6.31. The molecule has 1 saturated heterocycles. The molecule has 0 bridgehead atoms. The highest BCUT2D eigenvalue weighted by molar-refractivity contribution is 6.30. The molecule has 0 atom stereocenters. The zero-order valence-electron chi connectivity index (χ0n) is 20.6. The largest absolute Gasteiger partial charge is 0.492 e. The van der Waals surface area contributed by atoms with Crippen LogP contribution >= 0.6 is 11.6 Å². The van der Waals surface area contributed by atoms with Crippen LogP contribution in [0.1, 0.15) is 43.5 Å². The Labute approximate surface area is 211 Å². The van der Waals surface area contributed by atoms with E-state index in [4.69, 9.17) is 16.3 Å². The van der Waals surface area contributed by atoms with Gasteiger partial charge in [-0.2, -0.15) is 0 Å². The van der Waals surface area contributed by atoms with Crippen LogP contribution in [-0.4, -0.2) is 40.7 Å². The summed E-state index contributed by atoms with van der Waals surface area (Å²) < 4.78 is 5.90. The lowest BCUT2D eigenvalue weighted by molar-refractivity contribution is -0.136. The molecule has 1 fully saturated rings. The predicted octanol–water partition coefficient (Wildman–Crippen LogP) is 5.98. The quantitative estimate of drug-likeness (QED) is 0.416. The van der Waals surface area contributed by atoms with Gasteiger partial charge in [-0.15, -0.1) is 0 Å². The van der Waals surface area contributed by atoms with Crippen molar-refractivity contribution in [1.82, 2.24) is 9.97 Å². The SMILES string of the molecule is Cc1ncc(-c2ccc(OCCc3cccc(Cl)c3)cn2)c(N2CCC(C)(C)CC2)c1CC(=O)O. The summed E-state index contributed by atoms with van der Waals surface area (Å²) in [4.78, 5) is 23.2. The lowest BCUT2D eigenvalue weighted by Gasteiger charge is -2.40. The zero-order valence-corrected chi connectivity index (χ0v) is 21.3. The molecule has 0 aliphatic carbocycles. The van der Waals surface area contributed by atoms with E-state index in [0.29, 0.717) is 12.4 Å². The maximum Gasteiger partial charge on any atom is 0.307 e. The lowest BCUT2D eigenvalue weighted by atomic mass is 9.82. The van der Waals surface area contributed by atoms with Gasteiger partial charge < -0.3 is 14.7 Å². The van der Waals surface area contributed by atoms with E-state index in [1.807, 2.05) is 49.5 Å². The molecule has 7 heteroatoms. The number of carbonyl (C=O) groups is 1. The Morgan fingerprint density at radius 2 is 1.91 bits per heavy atom. The summed E-state index contributed by atoms with van der Waals surface area (Å²) in [5.74, 6) is -0.176. The molecule has 184 valence electrons. The fourth-order valence-electron chi connectivity index (χ4n) is 4.49. The maximum absolute atomic E-state index is 11.7. The second kappa shape index (κ2) is 10.6. The van der Waals surface area contributed by atoms with Crippen LogP contribution in [-0.2, 0) is 17.6 Å². The number of carboxylic acids is 1. The van der Waals surface area contributed by atoms with E-state index in [2.05, 4.69) is 28.7 Å². The number of rotatable bonds is 8. The van der Waals surface area contributed by atoms with Gasteiger partial charge in [-0.25, -0.2) is 0 Å². The minimum atomic E-state index is -0.859. The molecule has 0 spiro atoms. The molecule has 0 amide bonds. The number of hydrogen-bond acceptors (Lipinski definition) is 5. The predicted molar refractivity (Wildman–Crippen MR) is 139 cm³/mol. The van der Waals surface area contributed by atoms with E-state index >= 15 is 0 Å². The molecule has 3 aromatic rings. The van der Waals surface area contributed by atoms with Crippen LogP contribution in [0, 0.1) is 12.3 Å². The fraction of sp³-hybridized carbons (Fsp3) is 0.393. The highest BCUT2D eigenvalue weighted by Gasteiger charge is 2.29. The van der Waals surface area contributed by atoms with Gasteiger partial charge >= 0.3 is 5.97 Å². The molecule has 3 heterocycles. The maximum atomic E-state index is 11.7. The first-order valence-electron chi connectivity index (χ1n) is 12.0. The Kier molecular flexibility index (Phi) is 7.60.